The Hall–Kier alpha value is -3.49. The molecule has 0 aromatic carbocycles. The first-order chi connectivity index (χ1) is 27.6. The fourth-order valence-corrected chi connectivity index (χ4v) is 5.90. The summed E-state index contributed by atoms with van der Waals surface area (Å²) in [7, 11) is 5.38. The third-order valence-corrected chi connectivity index (χ3v) is 9.28. The second-order valence-corrected chi connectivity index (χ2v) is 15.5. The zero-order valence-corrected chi connectivity index (χ0v) is 36.7. The lowest BCUT2D eigenvalue weighted by Gasteiger charge is -2.34. The SMILES string of the molecule is CC/C=C/C/C=C/C/C=C/C/C=C/C/C=C/CCCCCC(=O)OCC(COCCC(C(=O)[O-])[N+](C)(C)C)OC(=O)CCCCCCCCC/C=C/C/C=C/CC. The van der Waals surface area contributed by atoms with Crippen molar-refractivity contribution in [3.8, 4) is 0 Å². The van der Waals surface area contributed by atoms with Gasteiger partial charge in [0.1, 0.15) is 12.6 Å². The normalized spacial score (nSPS) is 13.8. The number of carbonyl (C=O) groups is 3. The lowest BCUT2D eigenvalue weighted by molar-refractivity contribution is -0.889. The van der Waals surface area contributed by atoms with E-state index in [4.69, 9.17) is 14.2 Å². The van der Waals surface area contributed by atoms with Gasteiger partial charge in [0.05, 0.1) is 40.3 Å². The van der Waals surface area contributed by atoms with Gasteiger partial charge in [0, 0.05) is 19.3 Å². The highest BCUT2D eigenvalue weighted by atomic mass is 16.6. The van der Waals surface area contributed by atoms with Crippen LogP contribution in [0.3, 0.4) is 0 Å². The summed E-state index contributed by atoms with van der Waals surface area (Å²) in [5.41, 5.74) is 0. The van der Waals surface area contributed by atoms with Crippen LogP contribution in [0, 0.1) is 0 Å². The maximum Gasteiger partial charge on any atom is 0.306 e. The van der Waals surface area contributed by atoms with Crippen molar-refractivity contribution in [3.05, 3.63) is 85.1 Å². The Balaban J connectivity index is 4.42. The van der Waals surface area contributed by atoms with Crippen LogP contribution in [0.1, 0.15) is 155 Å². The lowest BCUT2D eigenvalue weighted by Crippen LogP contribution is -2.55. The molecule has 324 valence electrons. The molecule has 0 aromatic heterocycles. The molecule has 8 heteroatoms. The molecule has 0 N–H and O–H groups in total. The Morgan fingerprint density at radius 3 is 1.39 bits per heavy atom. The standard InChI is InChI=1S/C49H81NO7/c1-6-8-10-12-14-16-18-20-22-23-24-25-26-28-29-31-33-35-37-39-47(51)56-44-45(43-55-42-41-46(49(53)54)50(3,4)5)57-48(52)40-38-36-34-32-30-27-21-19-17-15-13-11-9-7-2/h8-11,14-17,20,22,24-25,28-29,45-46H,6-7,12-13,18-19,21,23,26-27,30-44H2,1-5H3/b10-8+,11-9+,16-14+,17-15+,22-20+,25-24+,29-28+. The van der Waals surface area contributed by atoms with E-state index in [-0.39, 0.29) is 42.7 Å². The molecule has 2 unspecified atom stereocenters. The largest absolute Gasteiger partial charge is 0.544 e. The minimum Gasteiger partial charge on any atom is -0.544 e. The number of nitrogens with zero attached hydrogens (tertiary/aromatic N) is 1. The first-order valence-electron chi connectivity index (χ1n) is 22.1. The van der Waals surface area contributed by atoms with E-state index >= 15 is 0 Å². The van der Waals surface area contributed by atoms with Crippen molar-refractivity contribution in [1.82, 2.24) is 0 Å². The molecular weight excluding hydrogens is 715 g/mol. The van der Waals surface area contributed by atoms with E-state index in [1.165, 1.54) is 19.3 Å². The number of likely N-dealkylation sites (N-methyl/N-ethyl adjacent to an activating group) is 1. The quantitative estimate of drug-likeness (QED) is 0.0265. The second kappa shape index (κ2) is 39.3. The van der Waals surface area contributed by atoms with Crippen molar-refractivity contribution in [2.45, 2.75) is 167 Å². The Morgan fingerprint density at radius 1 is 0.526 bits per heavy atom. The van der Waals surface area contributed by atoms with E-state index in [1.807, 2.05) is 0 Å². The number of carboxylic acid groups (broad SMARTS) is 1. The van der Waals surface area contributed by atoms with Gasteiger partial charge in [-0.25, -0.2) is 0 Å². The molecule has 0 spiro atoms. The molecule has 8 nitrogen and oxygen atoms in total. The van der Waals surface area contributed by atoms with Crippen LogP contribution < -0.4 is 5.11 Å². The fourth-order valence-electron chi connectivity index (χ4n) is 5.90. The highest BCUT2D eigenvalue weighted by Gasteiger charge is 2.25. The third-order valence-electron chi connectivity index (χ3n) is 9.28. The number of carbonyl (C=O) groups excluding carboxylic acids is 3. The van der Waals surface area contributed by atoms with Gasteiger partial charge in [-0.05, 0) is 83.5 Å². The van der Waals surface area contributed by atoms with Gasteiger partial charge >= 0.3 is 11.9 Å². The van der Waals surface area contributed by atoms with Crippen molar-refractivity contribution in [1.29, 1.82) is 0 Å². The van der Waals surface area contributed by atoms with Gasteiger partial charge in [-0.3, -0.25) is 9.59 Å². The molecule has 2 atom stereocenters. The Bertz CT molecular complexity index is 1200. The number of hydrogen-bond donors (Lipinski definition) is 0. The van der Waals surface area contributed by atoms with Crippen molar-refractivity contribution < 1.29 is 38.2 Å². The first kappa shape index (κ1) is 53.5. The highest BCUT2D eigenvalue weighted by molar-refractivity contribution is 5.70. The summed E-state index contributed by atoms with van der Waals surface area (Å²) in [6.45, 7) is 4.38. The number of ether oxygens (including phenoxy) is 3. The number of quaternary nitrogens is 1. The molecule has 0 rings (SSSR count). The van der Waals surface area contributed by atoms with E-state index in [9.17, 15) is 19.5 Å². The van der Waals surface area contributed by atoms with Crippen LogP contribution in [0.15, 0.2) is 85.1 Å². The third kappa shape index (κ3) is 37.8. The van der Waals surface area contributed by atoms with E-state index < -0.39 is 18.1 Å². The number of rotatable bonds is 38. The Kier molecular flexibility index (Phi) is 36.9. The van der Waals surface area contributed by atoms with E-state index in [1.54, 1.807) is 21.1 Å². The number of carboxylic acids is 1. The molecule has 0 radical (unpaired) electrons. The topological polar surface area (TPSA) is 102 Å². The second-order valence-electron chi connectivity index (χ2n) is 15.5. The summed E-state index contributed by atoms with van der Waals surface area (Å²) in [6.07, 6.45) is 50.3. The zero-order chi connectivity index (χ0) is 42.1. The molecular formula is C49H81NO7. The van der Waals surface area contributed by atoms with Gasteiger partial charge in [0.25, 0.3) is 0 Å². The Labute approximate surface area is 348 Å². The maximum atomic E-state index is 12.7. The lowest BCUT2D eigenvalue weighted by atomic mass is 10.1. The molecule has 0 aliphatic rings. The van der Waals surface area contributed by atoms with Gasteiger partial charge in [-0.2, -0.15) is 0 Å². The average molecular weight is 796 g/mol. The minimum absolute atomic E-state index is 0.0216. The van der Waals surface area contributed by atoms with Crippen LogP contribution in [0.25, 0.3) is 0 Å². The number of unbranched alkanes of at least 4 members (excludes halogenated alkanes) is 10. The van der Waals surface area contributed by atoms with Crippen LogP contribution in [-0.2, 0) is 28.6 Å². The molecule has 0 saturated heterocycles. The molecule has 0 bridgehead atoms. The highest BCUT2D eigenvalue weighted by Crippen LogP contribution is 2.13. The predicted octanol–water partition coefficient (Wildman–Crippen LogP) is 10.8. The van der Waals surface area contributed by atoms with Gasteiger partial charge < -0.3 is 28.6 Å². The van der Waals surface area contributed by atoms with Crippen LogP contribution in [-0.4, -0.2) is 75.5 Å². The van der Waals surface area contributed by atoms with E-state index in [0.29, 0.717) is 12.8 Å². The van der Waals surface area contributed by atoms with Gasteiger partial charge in [-0.1, -0.05) is 137 Å². The van der Waals surface area contributed by atoms with Crippen molar-refractivity contribution in [2.24, 2.45) is 0 Å². The summed E-state index contributed by atoms with van der Waals surface area (Å²) < 4.78 is 17.1. The minimum atomic E-state index is -1.14. The van der Waals surface area contributed by atoms with Gasteiger partial charge in [0.15, 0.2) is 6.10 Å². The molecule has 57 heavy (non-hydrogen) atoms. The van der Waals surface area contributed by atoms with E-state index in [2.05, 4.69) is 98.9 Å². The van der Waals surface area contributed by atoms with Crippen LogP contribution in [0.5, 0.6) is 0 Å². The predicted molar refractivity (Wildman–Crippen MR) is 235 cm³/mol. The molecule has 0 aromatic rings. The summed E-state index contributed by atoms with van der Waals surface area (Å²) in [6, 6.07) is -0.736. The van der Waals surface area contributed by atoms with Crippen LogP contribution in [0.4, 0.5) is 0 Å². The fraction of sp³-hybridized carbons (Fsp3) is 0.653. The summed E-state index contributed by atoms with van der Waals surface area (Å²) in [5.74, 6) is -1.80. The molecule has 0 amide bonds. The zero-order valence-electron chi connectivity index (χ0n) is 36.7. The van der Waals surface area contributed by atoms with Crippen LogP contribution in [0.2, 0.25) is 0 Å². The monoisotopic (exact) mass is 796 g/mol. The maximum absolute atomic E-state index is 12.7. The Morgan fingerprint density at radius 2 is 0.930 bits per heavy atom. The number of hydrogen-bond acceptors (Lipinski definition) is 7. The summed E-state index contributed by atoms with van der Waals surface area (Å²) in [4.78, 5) is 36.9. The van der Waals surface area contributed by atoms with E-state index in [0.717, 1.165) is 103 Å². The number of aliphatic carboxylic acids is 1. The number of esters is 2. The van der Waals surface area contributed by atoms with Crippen LogP contribution >= 0.6 is 0 Å². The summed E-state index contributed by atoms with van der Waals surface area (Å²) in [5, 5.41) is 11.6. The van der Waals surface area contributed by atoms with Gasteiger partial charge in [0.2, 0.25) is 0 Å². The molecule has 0 fully saturated rings. The van der Waals surface area contributed by atoms with Crippen molar-refractivity contribution in [2.75, 3.05) is 41.0 Å². The molecule has 0 aliphatic carbocycles. The smallest absolute Gasteiger partial charge is 0.306 e. The molecule has 0 saturated carbocycles. The van der Waals surface area contributed by atoms with Gasteiger partial charge in [-0.15, -0.1) is 0 Å². The first-order valence-corrected chi connectivity index (χ1v) is 22.1. The molecule has 0 aliphatic heterocycles. The summed E-state index contributed by atoms with van der Waals surface area (Å²) >= 11 is 0. The molecule has 0 heterocycles. The number of allylic oxidation sites excluding steroid dienone is 14. The average Bonchev–Trinajstić information content (AvgIpc) is 3.17. The van der Waals surface area contributed by atoms with Crippen molar-refractivity contribution >= 4 is 17.9 Å². The van der Waals surface area contributed by atoms with Crippen molar-refractivity contribution in [3.63, 3.8) is 0 Å².